The molecular weight excluding hydrogens is 302 g/mol. The number of nitrogens with two attached hydrogens (primary N) is 1. The van der Waals surface area contributed by atoms with Gasteiger partial charge in [-0.25, -0.2) is 9.78 Å². The van der Waals surface area contributed by atoms with Gasteiger partial charge in [-0.1, -0.05) is 12.1 Å². The molecule has 3 rings (SSSR count). The molecule has 0 saturated heterocycles. The maximum atomic E-state index is 10.4. The van der Waals surface area contributed by atoms with Gasteiger partial charge in [0.1, 0.15) is 0 Å². The van der Waals surface area contributed by atoms with Crippen LogP contribution in [0.15, 0.2) is 58.1 Å². The summed E-state index contributed by atoms with van der Waals surface area (Å²) in [7, 11) is 0. The molecule has 0 bridgehead atoms. The molecule has 0 aliphatic heterocycles. The molecule has 22 heavy (non-hydrogen) atoms. The summed E-state index contributed by atoms with van der Waals surface area (Å²) in [6.07, 6.45) is 1.14. The van der Waals surface area contributed by atoms with Crippen LogP contribution in [0.4, 0.5) is 5.69 Å². The lowest BCUT2D eigenvalue weighted by molar-refractivity contribution is 0.0683. The van der Waals surface area contributed by atoms with Crippen molar-refractivity contribution in [2.75, 3.05) is 5.73 Å². The zero-order chi connectivity index (χ0) is 15.9. The van der Waals surface area contributed by atoms with Crippen LogP contribution in [0.25, 0.3) is 11.1 Å². The lowest BCUT2D eigenvalue weighted by Gasteiger charge is -1.97. The number of aromatic amines is 1. The number of H-pyrrole nitrogens is 1. The van der Waals surface area contributed by atoms with Gasteiger partial charge in [0.15, 0.2) is 0 Å². The molecule has 0 amide bonds. The van der Waals surface area contributed by atoms with E-state index in [2.05, 4.69) is 21.8 Å². The summed E-state index contributed by atoms with van der Waals surface area (Å²) in [5.41, 5.74) is 8.42. The number of carboxylic acids is 1. The Bertz CT molecular complexity index is 795. The molecule has 7 heteroatoms. The number of thiophene rings is 1. The van der Waals surface area contributed by atoms with Crippen LogP contribution in [0.5, 0.6) is 0 Å². The second-order valence-electron chi connectivity index (χ2n) is 4.22. The third-order valence-corrected chi connectivity index (χ3v) is 3.32. The first-order valence-corrected chi connectivity index (χ1v) is 7.17. The number of hydrogen-bond donors (Lipinski definition) is 3. The molecule has 6 nitrogen and oxygen atoms in total. The Morgan fingerprint density at radius 3 is 2.36 bits per heavy atom. The molecule has 2 heterocycles. The van der Waals surface area contributed by atoms with Gasteiger partial charge in [-0.05, 0) is 40.1 Å². The summed E-state index contributed by atoms with van der Waals surface area (Å²) < 4.78 is 0. The van der Waals surface area contributed by atoms with Crippen molar-refractivity contribution < 1.29 is 9.90 Å². The summed E-state index contributed by atoms with van der Waals surface area (Å²) in [5.74, 6) is -1.58. The number of benzene rings is 1. The smallest absolute Gasteiger partial charge is 0.372 e. The van der Waals surface area contributed by atoms with E-state index in [0.717, 1.165) is 18.0 Å². The molecule has 2 aromatic heterocycles. The minimum Gasteiger partial charge on any atom is -0.475 e. The summed E-state index contributed by atoms with van der Waals surface area (Å²) in [4.78, 5) is 26.0. The Hall–Kier alpha value is -2.93. The van der Waals surface area contributed by atoms with Crippen molar-refractivity contribution in [3.8, 4) is 11.1 Å². The third kappa shape index (κ3) is 4.29. The van der Waals surface area contributed by atoms with E-state index in [1.54, 1.807) is 11.3 Å². The van der Waals surface area contributed by atoms with Gasteiger partial charge in [0, 0.05) is 18.0 Å². The Morgan fingerprint density at radius 1 is 1.14 bits per heavy atom. The van der Waals surface area contributed by atoms with Gasteiger partial charge in [-0.15, -0.1) is 0 Å². The highest BCUT2D eigenvalue weighted by Crippen LogP contribution is 2.22. The first-order chi connectivity index (χ1) is 10.6. The van der Waals surface area contributed by atoms with Crippen molar-refractivity contribution in [2.45, 2.75) is 0 Å². The van der Waals surface area contributed by atoms with Crippen LogP contribution in [-0.2, 0) is 0 Å². The van der Waals surface area contributed by atoms with E-state index < -0.39 is 11.5 Å². The minimum absolute atomic E-state index is 0.340. The number of aromatic nitrogens is 2. The van der Waals surface area contributed by atoms with E-state index in [1.807, 2.05) is 29.2 Å². The average Bonchev–Trinajstić information content (AvgIpc) is 3.03. The monoisotopic (exact) mass is 315 g/mol. The van der Waals surface area contributed by atoms with Crippen molar-refractivity contribution in [3.63, 3.8) is 0 Å². The fraction of sp³-hybridized carbons (Fsp3) is 0. The number of anilines is 1. The van der Waals surface area contributed by atoms with E-state index >= 15 is 0 Å². The number of carbonyl (C=O) groups is 1. The van der Waals surface area contributed by atoms with E-state index in [1.165, 1.54) is 11.1 Å². The number of nitrogens with zero attached hydrogens (tertiary/aromatic N) is 1. The largest absolute Gasteiger partial charge is 0.475 e. The van der Waals surface area contributed by atoms with Crippen molar-refractivity contribution in [3.05, 3.63) is 69.5 Å². The summed E-state index contributed by atoms with van der Waals surface area (Å²) >= 11 is 1.71. The van der Waals surface area contributed by atoms with E-state index in [0.29, 0.717) is 0 Å². The molecular formula is C15H13N3O3S. The number of nitrogen functional groups attached to an aromatic ring is 1. The molecule has 0 unspecified atom stereocenters. The van der Waals surface area contributed by atoms with Gasteiger partial charge in [0.2, 0.25) is 5.82 Å². The summed E-state index contributed by atoms with van der Waals surface area (Å²) in [6.45, 7) is 0. The molecule has 0 aliphatic carbocycles. The number of nitrogens with one attached hydrogen (secondary N) is 1. The van der Waals surface area contributed by atoms with Crippen LogP contribution in [-0.4, -0.2) is 21.0 Å². The number of hydrogen-bond acceptors (Lipinski definition) is 5. The van der Waals surface area contributed by atoms with Gasteiger partial charge in [-0.2, -0.15) is 11.3 Å². The number of aromatic carboxylic acids is 1. The van der Waals surface area contributed by atoms with Crippen LogP contribution in [0.1, 0.15) is 10.6 Å². The SMILES string of the molecule is Nc1ccc(-c2ccsc2)cc1.O=C(O)c1nccc(=O)[nH]1. The molecule has 0 saturated carbocycles. The number of carboxylic acid groups (broad SMARTS) is 1. The Kier molecular flexibility index (Phi) is 5.05. The van der Waals surface area contributed by atoms with Crippen molar-refractivity contribution in [2.24, 2.45) is 0 Å². The standard InChI is InChI=1S/C10H9NS.C5H4N2O3/c11-10-3-1-8(2-4-10)9-5-6-12-7-9;8-3-1-2-6-4(7-3)5(9)10/h1-7H,11H2;1-2H,(H,9,10)(H,6,7,8). The molecule has 1 aromatic carbocycles. The predicted octanol–water partition coefficient (Wildman–Crippen LogP) is 2.47. The van der Waals surface area contributed by atoms with Gasteiger partial charge < -0.3 is 15.8 Å². The lowest BCUT2D eigenvalue weighted by atomic mass is 10.1. The fourth-order valence-corrected chi connectivity index (χ4v) is 2.25. The van der Waals surface area contributed by atoms with Gasteiger partial charge >= 0.3 is 5.97 Å². The lowest BCUT2D eigenvalue weighted by Crippen LogP contribution is -2.12. The van der Waals surface area contributed by atoms with Crippen LogP contribution >= 0.6 is 11.3 Å². The molecule has 0 spiro atoms. The van der Waals surface area contributed by atoms with Crippen LogP contribution in [0.2, 0.25) is 0 Å². The highest BCUT2D eigenvalue weighted by Gasteiger charge is 2.02. The van der Waals surface area contributed by atoms with Gasteiger partial charge in [0.05, 0.1) is 0 Å². The highest BCUT2D eigenvalue weighted by atomic mass is 32.1. The molecule has 0 aliphatic rings. The number of rotatable bonds is 2. The van der Waals surface area contributed by atoms with E-state index in [9.17, 15) is 9.59 Å². The van der Waals surface area contributed by atoms with Gasteiger partial charge in [0.25, 0.3) is 5.56 Å². The second-order valence-corrected chi connectivity index (χ2v) is 5.00. The zero-order valence-corrected chi connectivity index (χ0v) is 12.2. The molecule has 0 atom stereocenters. The normalized spacial score (nSPS) is 9.64. The molecule has 0 fully saturated rings. The zero-order valence-electron chi connectivity index (χ0n) is 11.4. The highest BCUT2D eigenvalue weighted by molar-refractivity contribution is 7.08. The average molecular weight is 315 g/mol. The van der Waals surface area contributed by atoms with Crippen molar-refractivity contribution >= 4 is 23.0 Å². The summed E-state index contributed by atoms with van der Waals surface area (Å²) in [6, 6.07) is 11.2. The van der Waals surface area contributed by atoms with Crippen LogP contribution < -0.4 is 11.3 Å². The minimum atomic E-state index is -1.24. The van der Waals surface area contributed by atoms with Crippen molar-refractivity contribution in [1.82, 2.24) is 9.97 Å². The molecule has 3 aromatic rings. The molecule has 112 valence electrons. The van der Waals surface area contributed by atoms with Crippen molar-refractivity contribution in [1.29, 1.82) is 0 Å². The van der Waals surface area contributed by atoms with E-state index in [4.69, 9.17) is 10.8 Å². The predicted molar refractivity (Wildman–Crippen MR) is 86.0 cm³/mol. The fourth-order valence-electron chi connectivity index (χ4n) is 1.58. The quantitative estimate of drug-likeness (QED) is 0.629. The first-order valence-electron chi connectivity index (χ1n) is 6.23. The summed E-state index contributed by atoms with van der Waals surface area (Å²) in [5, 5.41) is 12.5. The Morgan fingerprint density at radius 2 is 1.86 bits per heavy atom. The van der Waals surface area contributed by atoms with Gasteiger partial charge in [-0.3, -0.25) is 4.79 Å². The topological polar surface area (TPSA) is 109 Å². The molecule has 4 N–H and O–H groups in total. The second kappa shape index (κ2) is 7.19. The van der Waals surface area contributed by atoms with E-state index in [-0.39, 0.29) is 5.82 Å². The van der Waals surface area contributed by atoms with Crippen LogP contribution in [0, 0.1) is 0 Å². The van der Waals surface area contributed by atoms with Crippen LogP contribution in [0.3, 0.4) is 0 Å². The maximum absolute atomic E-state index is 10.4. The first kappa shape index (κ1) is 15.5. The maximum Gasteiger partial charge on any atom is 0.372 e. The molecule has 0 radical (unpaired) electrons. The third-order valence-electron chi connectivity index (χ3n) is 2.64. The Labute approximate surface area is 129 Å². The Balaban J connectivity index is 0.000000164.